The molecule has 0 saturated heterocycles. The molecule has 0 saturated carbocycles. The number of ether oxygens (including phenoxy) is 2. The van der Waals surface area contributed by atoms with E-state index in [1.807, 2.05) is 0 Å². The molecule has 0 bridgehead atoms. The van der Waals surface area contributed by atoms with Gasteiger partial charge in [-0.25, -0.2) is 9.18 Å². The van der Waals surface area contributed by atoms with E-state index in [4.69, 9.17) is 33.0 Å². The van der Waals surface area contributed by atoms with Crippen molar-refractivity contribution in [2.24, 2.45) is 0 Å². The fraction of sp³-hybridized carbons (Fsp3) is 0.333. The van der Waals surface area contributed by atoms with Crippen molar-refractivity contribution < 1.29 is 32.5 Å². The van der Waals surface area contributed by atoms with Crippen molar-refractivity contribution in [1.29, 1.82) is 0 Å². The topological polar surface area (TPSA) is 84.4 Å². The van der Waals surface area contributed by atoms with Gasteiger partial charge in [-0.15, -0.1) is 0 Å². The summed E-state index contributed by atoms with van der Waals surface area (Å²) in [5.41, 5.74) is -0.202. The Labute approximate surface area is 155 Å². The van der Waals surface area contributed by atoms with Gasteiger partial charge in [0, 0.05) is 5.56 Å². The molecule has 0 spiro atoms. The lowest BCUT2D eigenvalue weighted by molar-refractivity contribution is -0.145. The summed E-state index contributed by atoms with van der Waals surface area (Å²) in [5.74, 6) is -2.10. The predicted octanol–water partition coefficient (Wildman–Crippen LogP) is 4.50. The van der Waals surface area contributed by atoms with Gasteiger partial charge in [0.05, 0.1) is 22.3 Å². The van der Waals surface area contributed by atoms with Crippen LogP contribution in [0, 0.1) is 5.82 Å². The number of halogens is 5. The molecule has 142 valence electrons. The van der Waals surface area contributed by atoms with E-state index in [0.717, 1.165) is 12.1 Å². The van der Waals surface area contributed by atoms with Gasteiger partial charge in [0.2, 0.25) is 0 Å². The average Bonchev–Trinajstić information content (AvgIpc) is 2.92. The van der Waals surface area contributed by atoms with Crippen LogP contribution in [0.5, 0.6) is 5.75 Å². The van der Waals surface area contributed by atoms with Gasteiger partial charge in [-0.3, -0.25) is 5.10 Å². The fourth-order valence-corrected chi connectivity index (χ4v) is 2.48. The number of carbonyl (C=O) groups is 1. The van der Waals surface area contributed by atoms with Crippen LogP contribution in [0.3, 0.4) is 0 Å². The van der Waals surface area contributed by atoms with Crippen LogP contribution in [0.25, 0.3) is 11.3 Å². The minimum Gasteiger partial charge on any atom is -0.479 e. The number of aliphatic carboxylic acids is 1. The average molecular weight is 413 g/mol. The number of nitrogens with zero attached hydrogens (tertiary/aromatic N) is 1. The molecule has 0 fully saturated rings. The number of benzene rings is 1. The Morgan fingerprint density at radius 1 is 1.38 bits per heavy atom. The van der Waals surface area contributed by atoms with Crippen LogP contribution in [0.2, 0.25) is 10.0 Å². The number of H-pyrrole nitrogens is 1. The first-order chi connectivity index (χ1) is 12.2. The normalized spacial score (nSPS) is 12.4. The number of carboxylic acids is 1. The monoisotopic (exact) mass is 412 g/mol. The molecule has 2 rings (SSSR count). The molecule has 1 atom stereocenters. The van der Waals surface area contributed by atoms with Crippen LogP contribution < -0.4 is 4.74 Å². The molecule has 0 aliphatic rings. The van der Waals surface area contributed by atoms with E-state index < -0.39 is 31.1 Å². The first-order valence-electron chi connectivity index (χ1n) is 7.25. The number of nitrogens with one attached hydrogen (secondary N) is 1. The van der Waals surface area contributed by atoms with Crippen molar-refractivity contribution >= 4 is 29.2 Å². The Bertz CT molecular complexity index is 801. The highest BCUT2D eigenvalue weighted by molar-refractivity contribution is 6.34. The second-order valence-corrected chi connectivity index (χ2v) is 5.84. The second-order valence-electron chi connectivity index (χ2n) is 5.05. The summed E-state index contributed by atoms with van der Waals surface area (Å²) in [6.07, 6.45) is -1.04. The minimum atomic E-state index is -3.01. The molecule has 0 aliphatic carbocycles. The molecule has 11 heteroatoms. The summed E-state index contributed by atoms with van der Waals surface area (Å²) < 4.78 is 48.0. The molecule has 6 nitrogen and oxygen atoms in total. The first kappa shape index (κ1) is 20.3. The lowest BCUT2D eigenvalue weighted by atomic mass is 10.1. The third-order valence-corrected chi connectivity index (χ3v) is 4.02. The van der Waals surface area contributed by atoms with Crippen molar-refractivity contribution in [1.82, 2.24) is 10.2 Å². The third-order valence-electron chi connectivity index (χ3n) is 3.32. The Morgan fingerprint density at radius 2 is 2.08 bits per heavy atom. The molecule has 2 N–H and O–H groups in total. The van der Waals surface area contributed by atoms with Crippen molar-refractivity contribution in [3.05, 3.63) is 33.7 Å². The third kappa shape index (κ3) is 4.60. The number of hydrogen-bond donors (Lipinski definition) is 2. The highest BCUT2D eigenvalue weighted by Gasteiger charge is 2.23. The fourth-order valence-electron chi connectivity index (χ4n) is 2.05. The Hall–Kier alpha value is -1.97. The summed E-state index contributed by atoms with van der Waals surface area (Å²) >= 11 is 11.9. The first-order valence-corrected chi connectivity index (χ1v) is 8.01. The van der Waals surface area contributed by atoms with Crippen molar-refractivity contribution in [3.8, 4) is 17.0 Å². The minimum absolute atomic E-state index is 0.0238. The lowest BCUT2D eigenvalue weighted by Crippen LogP contribution is -2.26. The Morgan fingerprint density at radius 3 is 2.65 bits per heavy atom. The SMILES string of the molecule is CCC(Oc1cc(-c2n[nH]c(COC(F)F)c2Cl)c(F)cc1Cl)C(=O)O. The van der Waals surface area contributed by atoms with Crippen molar-refractivity contribution in [3.63, 3.8) is 0 Å². The van der Waals surface area contributed by atoms with Crippen LogP contribution in [-0.2, 0) is 16.1 Å². The largest absolute Gasteiger partial charge is 0.479 e. The molecular formula is C15H13Cl2F3N2O4. The van der Waals surface area contributed by atoms with Gasteiger partial charge in [0.1, 0.15) is 17.3 Å². The van der Waals surface area contributed by atoms with Crippen molar-refractivity contribution in [2.45, 2.75) is 32.7 Å². The quantitative estimate of drug-likeness (QED) is 0.666. The molecule has 1 unspecified atom stereocenters. The van der Waals surface area contributed by atoms with Gasteiger partial charge in [-0.1, -0.05) is 30.1 Å². The molecule has 2 aromatic rings. The zero-order valence-electron chi connectivity index (χ0n) is 13.2. The highest BCUT2D eigenvalue weighted by atomic mass is 35.5. The van der Waals surface area contributed by atoms with E-state index in [-0.39, 0.29) is 39.2 Å². The van der Waals surface area contributed by atoms with Gasteiger partial charge in [0.15, 0.2) is 6.10 Å². The molecule has 1 aromatic carbocycles. The van der Waals surface area contributed by atoms with Crippen LogP contribution >= 0.6 is 23.2 Å². The number of rotatable bonds is 8. The Kier molecular flexibility index (Phi) is 6.74. The van der Waals surface area contributed by atoms with E-state index in [1.165, 1.54) is 0 Å². The molecule has 0 aliphatic heterocycles. The van der Waals surface area contributed by atoms with Crippen LogP contribution in [0.15, 0.2) is 12.1 Å². The molecule has 1 heterocycles. The van der Waals surface area contributed by atoms with E-state index in [1.54, 1.807) is 6.92 Å². The van der Waals surface area contributed by atoms with E-state index in [2.05, 4.69) is 14.9 Å². The summed E-state index contributed by atoms with van der Waals surface area (Å²) in [4.78, 5) is 11.1. The van der Waals surface area contributed by atoms with Gasteiger partial charge in [0.25, 0.3) is 0 Å². The maximum absolute atomic E-state index is 14.3. The lowest BCUT2D eigenvalue weighted by Gasteiger charge is -2.15. The molecule has 0 amide bonds. The van der Waals surface area contributed by atoms with E-state index >= 15 is 0 Å². The number of aromatic amines is 1. The smallest absolute Gasteiger partial charge is 0.345 e. The molecule has 26 heavy (non-hydrogen) atoms. The highest BCUT2D eigenvalue weighted by Crippen LogP contribution is 2.37. The molecular weight excluding hydrogens is 400 g/mol. The van der Waals surface area contributed by atoms with Crippen LogP contribution in [0.4, 0.5) is 13.2 Å². The van der Waals surface area contributed by atoms with Gasteiger partial charge in [-0.2, -0.15) is 13.9 Å². The molecule has 0 radical (unpaired) electrons. The summed E-state index contributed by atoms with van der Waals surface area (Å²) in [5, 5.41) is 15.0. The van der Waals surface area contributed by atoms with Crippen LogP contribution in [0.1, 0.15) is 19.0 Å². The maximum atomic E-state index is 14.3. The summed E-state index contributed by atoms with van der Waals surface area (Å²) in [6, 6.07) is 2.06. The molecule has 1 aromatic heterocycles. The van der Waals surface area contributed by atoms with Gasteiger partial charge < -0.3 is 14.6 Å². The second kappa shape index (κ2) is 8.61. The zero-order chi connectivity index (χ0) is 19.4. The Balaban J connectivity index is 2.38. The summed E-state index contributed by atoms with van der Waals surface area (Å²) in [6.45, 7) is -1.97. The number of carboxylic acid groups (broad SMARTS) is 1. The predicted molar refractivity (Wildman–Crippen MR) is 87.1 cm³/mol. The maximum Gasteiger partial charge on any atom is 0.345 e. The van der Waals surface area contributed by atoms with E-state index in [9.17, 15) is 18.0 Å². The van der Waals surface area contributed by atoms with E-state index in [0.29, 0.717) is 0 Å². The number of alkyl halides is 2. The van der Waals surface area contributed by atoms with Crippen molar-refractivity contribution in [2.75, 3.05) is 0 Å². The zero-order valence-corrected chi connectivity index (χ0v) is 14.7. The van der Waals surface area contributed by atoms with Gasteiger partial charge >= 0.3 is 12.6 Å². The number of hydrogen-bond acceptors (Lipinski definition) is 4. The number of aromatic nitrogens is 2. The summed E-state index contributed by atoms with van der Waals surface area (Å²) in [7, 11) is 0. The van der Waals surface area contributed by atoms with Gasteiger partial charge in [-0.05, 0) is 18.6 Å². The van der Waals surface area contributed by atoms with Crippen LogP contribution in [-0.4, -0.2) is 34.0 Å². The standard InChI is InChI=1S/C15H13Cl2F3N2O4/c1-2-10(14(23)24)26-11-3-6(8(18)4-7(11)16)13-12(17)9(21-22-13)5-25-15(19)20/h3-4,10,15H,2,5H2,1H3,(H,21,22)(H,23,24).